The molecular formula is C28H36N4O3. The lowest BCUT2D eigenvalue weighted by molar-refractivity contribution is 0.0733. The highest BCUT2D eigenvalue weighted by atomic mass is 16.5. The summed E-state index contributed by atoms with van der Waals surface area (Å²) in [6.07, 6.45) is 3.64. The molecule has 3 N–H and O–H groups in total. The Morgan fingerprint density at radius 3 is 2.20 bits per heavy atom. The number of ether oxygens (including phenoxy) is 1. The molecule has 0 saturated carbocycles. The van der Waals surface area contributed by atoms with Crippen molar-refractivity contribution in [2.24, 2.45) is 5.73 Å². The molecule has 2 aliphatic rings. The molecule has 2 aromatic carbocycles. The molecule has 0 spiro atoms. The largest absolute Gasteiger partial charge is 0.497 e. The molecule has 0 aliphatic carbocycles. The number of carbonyl (C=O) groups is 1. The molecule has 0 atom stereocenters. The minimum absolute atomic E-state index is 0.122. The van der Waals surface area contributed by atoms with E-state index in [1.54, 1.807) is 7.11 Å². The van der Waals surface area contributed by atoms with Gasteiger partial charge >= 0.3 is 0 Å². The number of hydrogen-bond donors (Lipinski definition) is 2. The summed E-state index contributed by atoms with van der Waals surface area (Å²) in [5, 5.41) is 10.8. The summed E-state index contributed by atoms with van der Waals surface area (Å²) in [4.78, 5) is 17.5. The van der Waals surface area contributed by atoms with Crippen molar-refractivity contribution >= 4 is 16.8 Å². The second-order valence-electron chi connectivity index (χ2n) is 9.88. The van der Waals surface area contributed by atoms with E-state index >= 15 is 0 Å². The van der Waals surface area contributed by atoms with Gasteiger partial charge in [-0.05, 0) is 61.1 Å². The molecule has 35 heavy (non-hydrogen) atoms. The number of nitrogens with two attached hydrogens (primary N) is 1. The van der Waals surface area contributed by atoms with Crippen molar-refractivity contribution in [3.8, 4) is 16.9 Å². The third-order valence-corrected chi connectivity index (χ3v) is 7.75. The van der Waals surface area contributed by atoms with Gasteiger partial charge in [0.25, 0.3) is 5.91 Å². The number of carbonyl (C=O) groups excluding carboxylic acids is 1. The minimum Gasteiger partial charge on any atom is -0.497 e. The molecule has 0 radical (unpaired) electrons. The normalized spacial score (nSPS) is 18.8. The zero-order valence-corrected chi connectivity index (χ0v) is 20.5. The maximum absolute atomic E-state index is 12.5. The number of likely N-dealkylation sites (tertiary alicyclic amines) is 2. The van der Waals surface area contributed by atoms with E-state index in [1.807, 2.05) is 18.2 Å². The number of benzene rings is 2. The van der Waals surface area contributed by atoms with E-state index in [0.29, 0.717) is 5.69 Å². The van der Waals surface area contributed by atoms with Crippen LogP contribution in [0.2, 0.25) is 0 Å². The fourth-order valence-corrected chi connectivity index (χ4v) is 5.68. The molecule has 2 aliphatic heterocycles. The molecule has 2 fully saturated rings. The summed E-state index contributed by atoms with van der Waals surface area (Å²) in [6.45, 7) is 6.12. The van der Waals surface area contributed by atoms with Gasteiger partial charge in [-0.15, -0.1) is 0 Å². The van der Waals surface area contributed by atoms with E-state index < -0.39 is 0 Å². The molecule has 3 aromatic rings. The first kappa shape index (κ1) is 23.9. The Labute approximate surface area is 207 Å². The SMILES string of the molecule is COc1ccc(-c2cccc3c2cc(C(N)=O)n3C2CCN(CCN3CCC(O)CC3)CC2)cc1. The Bertz CT molecular complexity index is 1160. The van der Waals surface area contributed by atoms with Crippen molar-refractivity contribution in [2.75, 3.05) is 46.4 Å². The van der Waals surface area contributed by atoms with Crippen LogP contribution in [0.5, 0.6) is 5.75 Å². The van der Waals surface area contributed by atoms with Crippen molar-refractivity contribution in [1.82, 2.24) is 14.4 Å². The summed E-state index contributed by atoms with van der Waals surface area (Å²) in [5.41, 5.74) is 9.71. The molecular weight excluding hydrogens is 440 g/mol. The van der Waals surface area contributed by atoms with Crippen LogP contribution in [-0.4, -0.2) is 77.9 Å². The Morgan fingerprint density at radius 2 is 1.60 bits per heavy atom. The van der Waals surface area contributed by atoms with Crippen LogP contribution in [0.25, 0.3) is 22.0 Å². The quantitative estimate of drug-likeness (QED) is 0.545. The van der Waals surface area contributed by atoms with Crippen molar-refractivity contribution in [3.63, 3.8) is 0 Å². The van der Waals surface area contributed by atoms with Crippen LogP contribution in [0.1, 0.15) is 42.2 Å². The van der Waals surface area contributed by atoms with E-state index in [4.69, 9.17) is 10.5 Å². The van der Waals surface area contributed by atoms with Crippen LogP contribution in [0.15, 0.2) is 48.5 Å². The summed E-state index contributed by atoms with van der Waals surface area (Å²) >= 11 is 0. The van der Waals surface area contributed by atoms with Gasteiger partial charge in [-0.1, -0.05) is 24.3 Å². The van der Waals surface area contributed by atoms with Crippen LogP contribution in [0.4, 0.5) is 0 Å². The van der Waals surface area contributed by atoms with Crippen LogP contribution in [0.3, 0.4) is 0 Å². The van der Waals surface area contributed by atoms with Crippen molar-refractivity contribution in [3.05, 3.63) is 54.2 Å². The number of rotatable bonds is 7. The van der Waals surface area contributed by atoms with Crippen LogP contribution < -0.4 is 10.5 Å². The maximum Gasteiger partial charge on any atom is 0.265 e. The number of primary amides is 1. The summed E-state index contributed by atoms with van der Waals surface area (Å²) in [5.74, 6) is 0.442. The van der Waals surface area contributed by atoms with Crippen LogP contribution in [-0.2, 0) is 0 Å². The monoisotopic (exact) mass is 476 g/mol. The third kappa shape index (κ3) is 5.08. The number of amides is 1. The zero-order valence-electron chi connectivity index (χ0n) is 20.5. The van der Waals surface area contributed by atoms with E-state index in [9.17, 15) is 9.90 Å². The second-order valence-corrected chi connectivity index (χ2v) is 9.88. The molecule has 186 valence electrons. The van der Waals surface area contributed by atoms with Gasteiger partial charge in [-0.2, -0.15) is 0 Å². The highest BCUT2D eigenvalue weighted by Gasteiger charge is 2.26. The standard InChI is InChI=1S/C28H36N4O3/c1-35-23-7-5-20(6-8-23)24-3-2-4-26-25(24)19-27(28(29)34)32(26)21-9-13-30(14-10-21)17-18-31-15-11-22(33)12-16-31/h2-8,19,21-22,33H,9-18H2,1H3,(H2,29,34). The molecule has 0 unspecified atom stereocenters. The summed E-state index contributed by atoms with van der Waals surface area (Å²) in [7, 11) is 1.67. The van der Waals surface area contributed by atoms with E-state index in [1.165, 1.54) is 0 Å². The number of methoxy groups -OCH3 is 1. The van der Waals surface area contributed by atoms with Gasteiger partial charge in [0.2, 0.25) is 0 Å². The van der Waals surface area contributed by atoms with Crippen molar-refractivity contribution in [1.29, 1.82) is 0 Å². The van der Waals surface area contributed by atoms with Gasteiger partial charge in [0.15, 0.2) is 0 Å². The number of aliphatic hydroxyl groups excluding tert-OH is 1. The lowest BCUT2D eigenvalue weighted by Crippen LogP contribution is -2.43. The number of aromatic nitrogens is 1. The Balaban J connectivity index is 1.33. The van der Waals surface area contributed by atoms with E-state index in [-0.39, 0.29) is 18.1 Å². The smallest absolute Gasteiger partial charge is 0.265 e. The first-order chi connectivity index (χ1) is 17.0. The molecule has 7 heteroatoms. The second kappa shape index (κ2) is 10.4. The van der Waals surface area contributed by atoms with E-state index in [0.717, 1.165) is 92.7 Å². The van der Waals surface area contributed by atoms with Crippen LogP contribution >= 0.6 is 0 Å². The molecule has 7 nitrogen and oxygen atoms in total. The fourth-order valence-electron chi connectivity index (χ4n) is 5.68. The van der Waals surface area contributed by atoms with Gasteiger partial charge in [0, 0.05) is 56.2 Å². The predicted octanol–water partition coefficient (Wildman–Crippen LogP) is 3.51. The highest BCUT2D eigenvalue weighted by Crippen LogP contribution is 2.36. The highest BCUT2D eigenvalue weighted by molar-refractivity contribution is 6.03. The number of aliphatic hydroxyl groups is 1. The van der Waals surface area contributed by atoms with E-state index in [2.05, 4.69) is 44.7 Å². The topological polar surface area (TPSA) is 84.0 Å². The van der Waals surface area contributed by atoms with Gasteiger partial charge in [0.05, 0.1) is 13.2 Å². The average molecular weight is 477 g/mol. The lowest BCUT2D eigenvalue weighted by Gasteiger charge is -2.36. The molecule has 2 saturated heterocycles. The van der Waals surface area contributed by atoms with Gasteiger partial charge in [0.1, 0.15) is 11.4 Å². The number of piperidine rings is 2. The van der Waals surface area contributed by atoms with Crippen LogP contribution in [0, 0.1) is 0 Å². The first-order valence-electron chi connectivity index (χ1n) is 12.7. The molecule has 1 aromatic heterocycles. The number of fused-ring (bicyclic) bond motifs is 1. The Morgan fingerprint density at radius 1 is 0.971 bits per heavy atom. The Hall–Kier alpha value is -2.87. The predicted molar refractivity (Wildman–Crippen MR) is 139 cm³/mol. The average Bonchev–Trinajstić information content (AvgIpc) is 3.29. The first-order valence-corrected chi connectivity index (χ1v) is 12.7. The molecule has 5 rings (SSSR count). The fraction of sp³-hybridized carbons (Fsp3) is 0.464. The summed E-state index contributed by atoms with van der Waals surface area (Å²) in [6, 6.07) is 16.5. The zero-order chi connectivity index (χ0) is 24.4. The Kier molecular flexibility index (Phi) is 7.09. The van der Waals surface area contributed by atoms with Crippen molar-refractivity contribution < 1.29 is 14.6 Å². The number of nitrogens with zero attached hydrogens (tertiary/aromatic N) is 3. The molecule has 1 amide bonds. The lowest BCUT2D eigenvalue weighted by atomic mass is 10.0. The van der Waals surface area contributed by atoms with Gasteiger partial charge in [-0.3, -0.25) is 4.79 Å². The maximum atomic E-state index is 12.5. The summed E-state index contributed by atoms with van der Waals surface area (Å²) < 4.78 is 7.50. The van der Waals surface area contributed by atoms with Gasteiger partial charge in [-0.25, -0.2) is 0 Å². The van der Waals surface area contributed by atoms with Gasteiger partial charge < -0.3 is 29.9 Å². The minimum atomic E-state index is -0.378. The number of hydrogen-bond acceptors (Lipinski definition) is 5. The molecule has 0 bridgehead atoms. The molecule has 3 heterocycles. The third-order valence-electron chi connectivity index (χ3n) is 7.75. The van der Waals surface area contributed by atoms with Crippen molar-refractivity contribution in [2.45, 2.75) is 37.8 Å².